The number of methoxy groups -OCH3 is 1. The summed E-state index contributed by atoms with van der Waals surface area (Å²) in [7, 11) is 2.91. The van der Waals surface area contributed by atoms with Gasteiger partial charge >= 0.3 is 11.7 Å². The lowest BCUT2D eigenvalue weighted by Crippen LogP contribution is -2.38. The number of H-pyrrole nitrogens is 1. The van der Waals surface area contributed by atoms with Crippen molar-refractivity contribution in [2.24, 2.45) is 13.0 Å². The van der Waals surface area contributed by atoms with E-state index in [0.717, 1.165) is 10.8 Å². The fourth-order valence-corrected chi connectivity index (χ4v) is 3.39. The first-order chi connectivity index (χ1) is 12.8. The highest BCUT2D eigenvalue weighted by molar-refractivity contribution is 5.94. The summed E-state index contributed by atoms with van der Waals surface area (Å²) in [5.41, 5.74) is -0.942. The number of hydrogen-bond acceptors (Lipinski definition) is 5. The van der Waals surface area contributed by atoms with E-state index < -0.39 is 35.0 Å². The minimum Gasteiger partial charge on any atom is -0.496 e. The highest BCUT2D eigenvalue weighted by Gasteiger charge is 2.42. The van der Waals surface area contributed by atoms with Crippen molar-refractivity contribution in [1.82, 2.24) is 14.5 Å². The van der Waals surface area contributed by atoms with E-state index in [1.807, 2.05) is 0 Å². The molecule has 0 unspecified atom stereocenters. The van der Waals surface area contributed by atoms with Crippen LogP contribution in [0, 0.1) is 5.92 Å². The van der Waals surface area contributed by atoms with E-state index in [9.17, 15) is 24.3 Å². The summed E-state index contributed by atoms with van der Waals surface area (Å²) in [5.74, 6) is -2.42. The zero-order chi connectivity index (χ0) is 19.7. The number of amides is 1. The fraction of sp³-hybridized carbons (Fsp3) is 0.333. The third-order valence-electron chi connectivity index (χ3n) is 4.80. The normalized spacial score (nSPS) is 19.1. The molecule has 2 aromatic rings. The van der Waals surface area contributed by atoms with Gasteiger partial charge in [0.1, 0.15) is 11.3 Å². The summed E-state index contributed by atoms with van der Waals surface area (Å²) in [5, 5.41) is 9.62. The van der Waals surface area contributed by atoms with Gasteiger partial charge in [0.05, 0.1) is 13.0 Å². The number of para-hydroxylation sites is 1. The van der Waals surface area contributed by atoms with Gasteiger partial charge in [-0.2, -0.15) is 0 Å². The first-order valence-corrected chi connectivity index (χ1v) is 8.28. The summed E-state index contributed by atoms with van der Waals surface area (Å²) >= 11 is 0. The first kappa shape index (κ1) is 18.4. The Bertz CT molecular complexity index is 1010. The first-order valence-electron chi connectivity index (χ1n) is 8.28. The SMILES string of the molecule is COc1ccccc1[C@@H]1CN(C(=O)c2cn(C)c(=O)[nH]c2=O)C[C@H]1C(=O)O. The van der Waals surface area contributed by atoms with Crippen LogP contribution in [0.5, 0.6) is 5.75 Å². The Kier molecular flexibility index (Phi) is 4.85. The van der Waals surface area contributed by atoms with Crippen LogP contribution in [0.25, 0.3) is 0 Å². The number of carboxylic acid groups (broad SMARTS) is 1. The van der Waals surface area contributed by atoms with Crippen molar-refractivity contribution in [1.29, 1.82) is 0 Å². The minimum atomic E-state index is -1.03. The molecular weight excluding hydrogens is 354 g/mol. The summed E-state index contributed by atoms with van der Waals surface area (Å²) in [6, 6.07) is 7.06. The second-order valence-electron chi connectivity index (χ2n) is 6.42. The Morgan fingerprint density at radius 3 is 2.59 bits per heavy atom. The molecule has 2 heterocycles. The molecule has 1 aliphatic heterocycles. The number of aromatic amines is 1. The number of carbonyl (C=O) groups excluding carboxylic acids is 1. The highest BCUT2D eigenvalue weighted by Crippen LogP contribution is 2.37. The number of aliphatic carboxylic acids is 1. The van der Waals surface area contributed by atoms with Crippen LogP contribution < -0.4 is 16.0 Å². The molecule has 1 aliphatic rings. The number of hydrogen-bond donors (Lipinski definition) is 2. The van der Waals surface area contributed by atoms with E-state index >= 15 is 0 Å². The van der Waals surface area contributed by atoms with Gasteiger partial charge in [-0.25, -0.2) is 4.79 Å². The molecular formula is C18H19N3O6. The summed E-state index contributed by atoms with van der Waals surface area (Å²) in [6.45, 7) is 0.0810. The Morgan fingerprint density at radius 1 is 1.22 bits per heavy atom. The lowest BCUT2D eigenvalue weighted by atomic mass is 9.88. The molecule has 27 heavy (non-hydrogen) atoms. The number of nitrogens with one attached hydrogen (secondary N) is 1. The predicted octanol–water partition coefficient (Wildman–Crippen LogP) is 0.0226. The summed E-state index contributed by atoms with van der Waals surface area (Å²) < 4.78 is 6.42. The van der Waals surface area contributed by atoms with Gasteiger partial charge in [0.25, 0.3) is 11.5 Å². The summed E-state index contributed by atoms with van der Waals surface area (Å²) in [6.07, 6.45) is 1.16. The monoisotopic (exact) mass is 373 g/mol. The molecule has 0 saturated carbocycles. The van der Waals surface area contributed by atoms with E-state index in [-0.39, 0.29) is 18.7 Å². The number of ether oxygens (including phenoxy) is 1. The van der Waals surface area contributed by atoms with Crippen molar-refractivity contribution in [3.8, 4) is 5.75 Å². The van der Waals surface area contributed by atoms with Gasteiger partial charge < -0.3 is 19.3 Å². The average Bonchev–Trinajstić information content (AvgIpc) is 3.09. The molecule has 3 rings (SSSR count). The van der Waals surface area contributed by atoms with Gasteiger partial charge in [-0.3, -0.25) is 19.4 Å². The van der Waals surface area contributed by atoms with E-state index in [4.69, 9.17) is 4.74 Å². The number of carboxylic acids is 1. The van der Waals surface area contributed by atoms with Crippen LogP contribution in [0.4, 0.5) is 0 Å². The van der Waals surface area contributed by atoms with Crippen molar-refractivity contribution < 1.29 is 19.4 Å². The highest BCUT2D eigenvalue weighted by atomic mass is 16.5. The van der Waals surface area contributed by atoms with E-state index in [1.165, 1.54) is 19.1 Å². The third kappa shape index (κ3) is 3.35. The molecule has 0 spiro atoms. The molecule has 142 valence electrons. The van der Waals surface area contributed by atoms with Crippen molar-refractivity contribution in [2.45, 2.75) is 5.92 Å². The largest absolute Gasteiger partial charge is 0.496 e. The molecule has 2 N–H and O–H groups in total. The van der Waals surface area contributed by atoms with Crippen LogP contribution in [0.2, 0.25) is 0 Å². The standard InChI is InChI=1S/C18H19N3O6/c1-20-7-13(15(22)19-18(20)26)16(23)21-8-11(12(9-21)17(24)25)10-5-3-4-6-14(10)27-2/h3-7,11-12H,8-9H2,1-2H3,(H,24,25)(H,19,22,26)/t11-,12+/m0/s1. The maximum Gasteiger partial charge on any atom is 0.328 e. The topological polar surface area (TPSA) is 122 Å². The Labute approximate surface area is 153 Å². The van der Waals surface area contributed by atoms with Crippen LogP contribution in [0.3, 0.4) is 0 Å². The Morgan fingerprint density at radius 2 is 1.93 bits per heavy atom. The number of benzene rings is 1. The molecule has 0 aliphatic carbocycles. The minimum absolute atomic E-state index is 0.0425. The molecule has 9 nitrogen and oxygen atoms in total. The molecule has 1 aromatic heterocycles. The van der Waals surface area contributed by atoms with E-state index in [1.54, 1.807) is 24.3 Å². The third-order valence-corrected chi connectivity index (χ3v) is 4.80. The zero-order valence-electron chi connectivity index (χ0n) is 14.8. The van der Waals surface area contributed by atoms with Crippen molar-refractivity contribution in [3.05, 3.63) is 62.4 Å². The number of aryl methyl sites for hydroxylation is 1. The van der Waals surface area contributed by atoms with Crippen LogP contribution in [0.1, 0.15) is 21.8 Å². The molecule has 0 bridgehead atoms. The predicted molar refractivity (Wildman–Crippen MR) is 95.1 cm³/mol. The second-order valence-corrected chi connectivity index (χ2v) is 6.42. The summed E-state index contributed by atoms with van der Waals surface area (Å²) in [4.78, 5) is 51.4. The smallest absolute Gasteiger partial charge is 0.328 e. The van der Waals surface area contributed by atoms with Gasteiger partial charge in [0.2, 0.25) is 0 Å². The maximum absolute atomic E-state index is 12.8. The lowest BCUT2D eigenvalue weighted by Gasteiger charge is -2.18. The average molecular weight is 373 g/mol. The molecule has 9 heteroatoms. The second kappa shape index (κ2) is 7.10. The molecule has 0 radical (unpaired) electrons. The fourth-order valence-electron chi connectivity index (χ4n) is 3.39. The maximum atomic E-state index is 12.8. The number of rotatable bonds is 4. The van der Waals surface area contributed by atoms with Gasteiger partial charge in [0, 0.05) is 32.3 Å². The molecule has 2 atom stereocenters. The molecule has 1 aromatic carbocycles. The quantitative estimate of drug-likeness (QED) is 0.779. The van der Waals surface area contributed by atoms with E-state index in [0.29, 0.717) is 11.3 Å². The number of likely N-dealkylation sites (tertiary alicyclic amines) is 1. The van der Waals surface area contributed by atoms with E-state index in [2.05, 4.69) is 4.98 Å². The van der Waals surface area contributed by atoms with Crippen molar-refractivity contribution in [3.63, 3.8) is 0 Å². The Balaban J connectivity index is 1.96. The number of nitrogens with zero attached hydrogens (tertiary/aromatic N) is 2. The molecule has 1 amide bonds. The van der Waals surface area contributed by atoms with Gasteiger partial charge in [-0.15, -0.1) is 0 Å². The van der Waals surface area contributed by atoms with Crippen molar-refractivity contribution in [2.75, 3.05) is 20.2 Å². The van der Waals surface area contributed by atoms with Gasteiger partial charge in [-0.1, -0.05) is 18.2 Å². The van der Waals surface area contributed by atoms with Gasteiger partial charge in [-0.05, 0) is 11.6 Å². The molecule has 1 fully saturated rings. The van der Waals surface area contributed by atoms with Crippen LogP contribution in [-0.2, 0) is 11.8 Å². The molecule has 1 saturated heterocycles. The van der Waals surface area contributed by atoms with Crippen LogP contribution in [-0.4, -0.2) is 51.6 Å². The van der Waals surface area contributed by atoms with Gasteiger partial charge in [0.15, 0.2) is 0 Å². The van der Waals surface area contributed by atoms with Crippen LogP contribution in [0.15, 0.2) is 40.1 Å². The lowest BCUT2D eigenvalue weighted by molar-refractivity contribution is -0.141. The Hall–Kier alpha value is -3.36. The zero-order valence-corrected chi connectivity index (χ0v) is 14.8. The number of aromatic nitrogens is 2. The van der Waals surface area contributed by atoms with Crippen molar-refractivity contribution >= 4 is 11.9 Å². The number of carbonyl (C=O) groups is 2. The van der Waals surface area contributed by atoms with Crippen LogP contribution >= 0.6 is 0 Å².